The van der Waals surface area contributed by atoms with Crippen molar-refractivity contribution in [2.75, 3.05) is 13.1 Å². The van der Waals surface area contributed by atoms with E-state index in [4.69, 9.17) is 4.42 Å². The van der Waals surface area contributed by atoms with Crippen molar-refractivity contribution >= 4 is 31.7 Å². The smallest absolute Gasteiger partial charge is 0.289 e. The predicted molar refractivity (Wildman–Crippen MR) is 84.3 cm³/mol. The molecule has 1 fully saturated rings. The highest BCUT2D eigenvalue weighted by molar-refractivity contribution is 9.10. The Hall–Kier alpha value is -1.60. The summed E-state index contributed by atoms with van der Waals surface area (Å²) in [6.45, 7) is 0.599. The molecule has 1 aromatic carbocycles. The zero-order chi connectivity index (χ0) is 15.7. The molecular formula is C15H14BrNO4S. The number of nitrogens with zero attached hydrogens (tertiary/aromatic N) is 1. The van der Waals surface area contributed by atoms with Gasteiger partial charge in [0.1, 0.15) is 0 Å². The third-order valence-corrected chi connectivity index (χ3v) is 6.34. The van der Waals surface area contributed by atoms with E-state index in [1.54, 1.807) is 42.5 Å². The molecule has 1 amide bonds. The fourth-order valence-corrected chi connectivity index (χ4v) is 4.57. The third-order valence-electron chi connectivity index (χ3n) is 3.73. The molecule has 2 aromatic rings. The molecule has 1 aliphatic heterocycles. The van der Waals surface area contributed by atoms with E-state index in [2.05, 4.69) is 15.9 Å². The molecule has 1 saturated heterocycles. The van der Waals surface area contributed by atoms with Crippen LogP contribution in [0.15, 0.2) is 56.4 Å². The Bertz CT molecular complexity index is 785. The van der Waals surface area contributed by atoms with Crippen molar-refractivity contribution in [3.63, 3.8) is 0 Å². The zero-order valence-electron chi connectivity index (χ0n) is 11.6. The Labute approximate surface area is 137 Å². The van der Waals surface area contributed by atoms with E-state index in [-0.39, 0.29) is 18.2 Å². The number of hydrogen-bond donors (Lipinski definition) is 0. The molecule has 1 atom stereocenters. The molecule has 0 aliphatic carbocycles. The van der Waals surface area contributed by atoms with Crippen LogP contribution in [0.3, 0.4) is 0 Å². The van der Waals surface area contributed by atoms with Gasteiger partial charge in [0, 0.05) is 13.1 Å². The minimum Gasteiger partial charge on any atom is -0.444 e. The van der Waals surface area contributed by atoms with Gasteiger partial charge in [0.25, 0.3) is 5.91 Å². The van der Waals surface area contributed by atoms with Crippen LogP contribution in [0, 0.1) is 0 Å². The number of furan rings is 1. The lowest BCUT2D eigenvalue weighted by molar-refractivity contribution is 0.0760. The minimum absolute atomic E-state index is 0.189. The number of carbonyl (C=O) groups is 1. The number of hydrogen-bond acceptors (Lipinski definition) is 4. The maximum atomic E-state index is 12.6. The number of rotatable bonds is 3. The first-order valence-corrected chi connectivity index (χ1v) is 9.16. The zero-order valence-corrected chi connectivity index (χ0v) is 14.0. The highest BCUT2D eigenvalue weighted by Crippen LogP contribution is 2.25. The lowest BCUT2D eigenvalue weighted by Gasteiger charge is -2.15. The monoisotopic (exact) mass is 383 g/mol. The standard InChI is InChI=1S/C15H14BrNO4S/c16-14-7-6-13(21-14)15(18)17-9-8-12(10-17)22(19,20)11-4-2-1-3-5-11/h1-7,12H,8-10H2. The Morgan fingerprint density at radius 2 is 1.91 bits per heavy atom. The van der Waals surface area contributed by atoms with Crippen molar-refractivity contribution in [1.29, 1.82) is 0 Å². The van der Waals surface area contributed by atoms with Crippen molar-refractivity contribution in [1.82, 2.24) is 4.90 Å². The Balaban J connectivity index is 1.76. The van der Waals surface area contributed by atoms with Gasteiger partial charge in [-0.1, -0.05) is 18.2 Å². The van der Waals surface area contributed by atoms with Crippen LogP contribution in [0.25, 0.3) is 0 Å². The minimum atomic E-state index is -3.42. The van der Waals surface area contributed by atoms with Crippen molar-refractivity contribution in [2.45, 2.75) is 16.6 Å². The first kappa shape index (κ1) is 15.3. The molecule has 0 N–H and O–H groups in total. The second-order valence-electron chi connectivity index (χ2n) is 5.12. The van der Waals surface area contributed by atoms with Crippen molar-refractivity contribution in [3.8, 4) is 0 Å². The number of halogens is 1. The van der Waals surface area contributed by atoms with E-state index in [1.165, 1.54) is 4.90 Å². The Morgan fingerprint density at radius 1 is 1.18 bits per heavy atom. The molecule has 0 bridgehead atoms. The summed E-state index contributed by atoms with van der Waals surface area (Å²) in [6.07, 6.45) is 0.435. The molecule has 1 aliphatic rings. The van der Waals surface area contributed by atoms with Crippen LogP contribution in [0.1, 0.15) is 17.0 Å². The highest BCUT2D eigenvalue weighted by Gasteiger charge is 2.36. The number of likely N-dealkylation sites (tertiary alicyclic amines) is 1. The molecule has 2 heterocycles. The normalized spacial score (nSPS) is 18.6. The molecule has 0 spiro atoms. The van der Waals surface area contributed by atoms with Gasteiger partial charge in [0.05, 0.1) is 10.1 Å². The van der Waals surface area contributed by atoms with Crippen LogP contribution in [0.4, 0.5) is 0 Å². The van der Waals surface area contributed by atoms with Gasteiger partial charge >= 0.3 is 0 Å². The summed E-state index contributed by atoms with van der Waals surface area (Å²) in [5, 5.41) is -0.572. The van der Waals surface area contributed by atoms with E-state index in [0.717, 1.165) is 0 Å². The van der Waals surface area contributed by atoms with Gasteiger partial charge in [0.2, 0.25) is 0 Å². The lowest BCUT2D eigenvalue weighted by atomic mass is 10.4. The van der Waals surface area contributed by atoms with Gasteiger partial charge in [-0.15, -0.1) is 0 Å². The average molecular weight is 384 g/mol. The van der Waals surface area contributed by atoms with Gasteiger partial charge in [-0.2, -0.15) is 0 Å². The molecule has 5 nitrogen and oxygen atoms in total. The van der Waals surface area contributed by atoms with Crippen molar-refractivity contribution in [2.24, 2.45) is 0 Å². The van der Waals surface area contributed by atoms with Crippen molar-refractivity contribution in [3.05, 3.63) is 52.9 Å². The molecule has 7 heteroatoms. The van der Waals surface area contributed by atoms with Crippen molar-refractivity contribution < 1.29 is 17.6 Å². The number of amides is 1. The summed E-state index contributed by atoms with van der Waals surface area (Å²) < 4.78 is 30.9. The summed E-state index contributed by atoms with van der Waals surface area (Å²) in [5.41, 5.74) is 0. The maximum absolute atomic E-state index is 12.6. The van der Waals surface area contributed by atoms with Gasteiger partial charge < -0.3 is 9.32 Å². The lowest BCUT2D eigenvalue weighted by Crippen LogP contribution is -2.31. The van der Waals surface area contributed by atoms with Gasteiger partial charge in [0.15, 0.2) is 20.3 Å². The quantitative estimate of drug-likeness (QED) is 0.816. The van der Waals surface area contributed by atoms with E-state index in [9.17, 15) is 13.2 Å². The number of sulfone groups is 1. The summed E-state index contributed by atoms with van der Waals surface area (Å²) in [6, 6.07) is 11.6. The fraction of sp³-hybridized carbons (Fsp3) is 0.267. The van der Waals surface area contributed by atoms with Gasteiger partial charge in [-0.3, -0.25) is 4.79 Å². The highest BCUT2D eigenvalue weighted by atomic mass is 79.9. The predicted octanol–water partition coefficient (Wildman–Crippen LogP) is 2.73. The van der Waals surface area contributed by atoms with Crippen LogP contribution in [0.2, 0.25) is 0 Å². The Morgan fingerprint density at radius 3 is 2.55 bits per heavy atom. The molecule has 116 valence electrons. The first-order valence-electron chi connectivity index (χ1n) is 6.82. The third kappa shape index (κ3) is 2.83. The van der Waals surface area contributed by atoms with Crippen LogP contribution >= 0.6 is 15.9 Å². The van der Waals surface area contributed by atoms with Gasteiger partial charge in [-0.05, 0) is 46.6 Å². The molecule has 0 radical (unpaired) electrons. The van der Waals surface area contributed by atoms with Crippen LogP contribution in [0.5, 0.6) is 0 Å². The maximum Gasteiger partial charge on any atom is 0.289 e. The first-order chi connectivity index (χ1) is 10.5. The summed E-state index contributed by atoms with van der Waals surface area (Å²) in [4.78, 5) is 14.1. The molecule has 1 aromatic heterocycles. The van der Waals surface area contributed by atoms with Crippen LogP contribution in [-0.4, -0.2) is 37.6 Å². The molecule has 0 saturated carbocycles. The fourth-order valence-electron chi connectivity index (χ4n) is 2.55. The van der Waals surface area contributed by atoms with Gasteiger partial charge in [-0.25, -0.2) is 8.42 Å². The van der Waals surface area contributed by atoms with Crippen LogP contribution in [-0.2, 0) is 9.84 Å². The van der Waals surface area contributed by atoms with E-state index in [0.29, 0.717) is 22.5 Å². The summed E-state index contributed by atoms with van der Waals surface area (Å²) in [5.74, 6) is -0.0684. The van der Waals surface area contributed by atoms with Crippen LogP contribution < -0.4 is 0 Å². The second kappa shape index (κ2) is 5.89. The topological polar surface area (TPSA) is 67.6 Å². The molecule has 22 heavy (non-hydrogen) atoms. The number of benzene rings is 1. The summed E-state index contributed by atoms with van der Waals surface area (Å²) >= 11 is 3.15. The van der Waals surface area contributed by atoms with E-state index < -0.39 is 15.1 Å². The second-order valence-corrected chi connectivity index (χ2v) is 8.13. The SMILES string of the molecule is O=C(c1ccc(Br)o1)N1CCC(S(=O)(=O)c2ccccc2)C1. The molecule has 3 rings (SSSR count). The average Bonchev–Trinajstić information content (AvgIpc) is 3.17. The van der Waals surface area contributed by atoms with E-state index >= 15 is 0 Å². The Kier molecular flexibility index (Phi) is 4.10. The largest absolute Gasteiger partial charge is 0.444 e. The summed E-state index contributed by atoms with van der Waals surface area (Å²) in [7, 11) is -3.42. The van der Waals surface area contributed by atoms with E-state index in [1.807, 2.05) is 0 Å². The molecule has 1 unspecified atom stereocenters. The number of carbonyl (C=O) groups excluding carboxylic acids is 1. The molecular weight excluding hydrogens is 370 g/mol.